The van der Waals surface area contributed by atoms with Crippen LogP contribution in [0.4, 0.5) is 0 Å². The quantitative estimate of drug-likeness (QED) is 0.463. The number of carboxylic acids is 1. The molecule has 0 saturated carbocycles. The Kier molecular flexibility index (Phi) is 4.96. The first kappa shape index (κ1) is 8.62. The lowest BCUT2D eigenvalue weighted by atomic mass is 10.3. The maximum absolute atomic E-state index is 9.85. The second-order valence-corrected chi connectivity index (χ2v) is 1.54. The minimum absolute atomic E-state index is 0.477. The van der Waals surface area contributed by atoms with Crippen LogP contribution >= 0.6 is 0 Å². The molecule has 3 heteroatoms. The molecule has 54 valence electrons. The summed E-state index contributed by atoms with van der Waals surface area (Å²) in [6, 6.07) is 0. The number of hydrogen-bond acceptors (Lipinski definition) is 2. The summed E-state index contributed by atoms with van der Waals surface area (Å²) in [5.74, 6) is -0.973. The lowest BCUT2D eigenvalue weighted by Gasteiger charge is -1.77. The Morgan fingerprint density at radius 2 is 2.10 bits per heavy atom. The van der Waals surface area contributed by atoms with E-state index in [2.05, 4.69) is 0 Å². The molecule has 0 bridgehead atoms. The first-order chi connectivity index (χ1) is 4.77. The van der Waals surface area contributed by atoms with Crippen LogP contribution in [0, 0.1) is 0 Å². The maximum atomic E-state index is 9.85. The zero-order valence-electron chi connectivity index (χ0n) is 5.36. The number of aldehydes is 1. The van der Waals surface area contributed by atoms with Gasteiger partial charge in [-0.25, -0.2) is 4.79 Å². The minimum Gasteiger partial charge on any atom is -0.478 e. The van der Waals surface area contributed by atoms with Gasteiger partial charge in [-0.15, -0.1) is 0 Å². The summed E-state index contributed by atoms with van der Waals surface area (Å²) in [6.07, 6.45) is 6.52. The van der Waals surface area contributed by atoms with Crippen LogP contribution in [0.2, 0.25) is 0 Å². The molecule has 0 heterocycles. The van der Waals surface area contributed by atoms with E-state index in [9.17, 15) is 9.59 Å². The smallest absolute Gasteiger partial charge is 0.327 e. The lowest BCUT2D eigenvalue weighted by Crippen LogP contribution is -1.84. The molecule has 0 aromatic carbocycles. The highest BCUT2D eigenvalue weighted by molar-refractivity contribution is 5.79. The maximum Gasteiger partial charge on any atom is 0.327 e. The van der Waals surface area contributed by atoms with Gasteiger partial charge in [-0.05, 0) is 12.5 Å². The van der Waals surface area contributed by atoms with Crippen molar-refractivity contribution in [1.82, 2.24) is 0 Å². The van der Waals surface area contributed by atoms with Crippen LogP contribution in [0.3, 0.4) is 0 Å². The van der Waals surface area contributed by atoms with E-state index in [1.165, 1.54) is 12.2 Å². The Morgan fingerprint density at radius 3 is 2.60 bits per heavy atom. The van der Waals surface area contributed by atoms with Crippen molar-refractivity contribution in [3.8, 4) is 0 Å². The molecular formula is C7H8O3. The van der Waals surface area contributed by atoms with Gasteiger partial charge in [0.15, 0.2) is 0 Å². The van der Waals surface area contributed by atoms with Crippen LogP contribution in [-0.2, 0) is 9.59 Å². The SMILES string of the molecule is O=CC=CCC=CC(=O)O. The number of carboxylic acid groups (broad SMARTS) is 1. The van der Waals surface area contributed by atoms with E-state index in [1.54, 1.807) is 6.08 Å². The van der Waals surface area contributed by atoms with Gasteiger partial charge in [0, 0.05) is 6.08 Å². The van der Waals surface area contributed by atoms with Gasteiger partial charge in [0.25, 0.3) is 0 Å². The molecule has 1 N–H and O–H groups in total. The third-order valence-electron chi connectivity index (χ3n) is 0.747. The normalized spacial score (nSPS) is 10.8. The molecule has 0 fully saturated rings. The first-order valence-corrected chi connectivity index (χ1v) is 2.77. The minimum atomic E-state index is -0.973. The molecule has 0 spiro atoms. The summed E-state index contributed by atoms with van der Waals surface area (Å²) in [6.45, 7) is 0. The van der Waals surface area contributed by atoms with Crippen molar-refractivity contribution in [2.75, 3.05) is 0 Å². The van der Waals surface area contributed by atoms with E-state index in [-0.39, 0.29) is 0 Å². The Labute approximate surface area is 58.7 Å². The summed E-state index contributed by atoms with van der Waals surface area (Å²) < 4.78 is 0. The van der Waals surface area contributed by atoms with E-state index < -0.39 is 5.97 Å². The second kappa shape index (κ2) is 5.75. The highest BCUT2D eigenvalue weighted by Gasteiger charge is 1.80. The third-order valence-corrected chi connectivity index (χ3v) is 0.747. The van der Waals surface area contributed by atoms with E-state index in [0.717, 1.165) is 6.08 Å². The summed E-state index contributed by atoms with van der Waals surface area (Å²) in [5.41, 5.74) is 0. The summed E-state index contributed by atoms with van der Waals surface area (Å²) in [4.78, 5) is 19.5. The fourth-order valence-corrected chi connectivity index (χ4v) is 0.382. The molecular weight excluding hydrogens is 132 g/mol. The Hall–Kier alpha value is -1.38. The van der Waals surface area contributed by atoms with Crippen molar-refractivity contribution in [3.63, 3.8) is 0 Å². The molecule has 0 radical (unpaired) electrons. The van der Waals surface area contributed by atoms with Crippen LogP contribution in [0.1, 0.15) is 6.42 Å². The number of carbonyl (C=O) groups excluding carboxylic acids is 1. The number of aliphatic carboxylic acids is 1. The Morgan fingerprint density at radius 1 is 1.40 bits per heavy atom. The van der Waals surface area contributed by atoms with Gasteiger partial charge in [0.05, 0.1) is 0 Å². The van der Waals surface area contributed by atoms with Gasteiger partial charge in [0.1, 0.15) is 6.29 Å². The van der Waals surface area contributed by atoms with Gasteiger partial charge in [-0.2, -0.15) is 0 Å². The topological polar surface area (TPSA) is 54.4 Å². The zero-order chi connectivity index (χ0) is 7.82. The molecule has 0 aromatic rings. The number of allylic oxidation sites excluding steroid dienone is 3. The van der Waals surface area contributed by atoms with E-state index in [0.29, 0.717) is 12.7 Å². The molecule has 0 rings (SSSR count). The van der Waals surface area contributed by atoms with E-state index in [4.69, 9.17) is 5.11 Å². The van der Waals surface area contributed by atoms with E-state index >= 15 is 0 Å². The molecule has 10 heavy (non-hydrogen) atoms. The molecule has 0 atom stereocenters. The molecule has 0 aliphatic heterocycles. The fourth-order valence-electron chi connectivity index (χ4n) is 0.382. The molecule has 3 nitrogen and oxygen atoms in total. The fraction of sp³-hybridized carbons (Fsp3) is 0.143. The predicted octanol–water partition coefficient (Wildman–Crippen LogP) is 0.772. The van der Waals surface area contributed by atoms with Crippen molar-refractivity contribution >= 4 is 12.3 Å². The number of carbonyl (C=O) groups is 2. The number of hydrogen-bond donors (Lipinski definition) is 1. The highest BCUT2D eigenvalue weighted by Crippen LogP contribution is 1.83. The first-order valence-electron chi connectivity index (χ1n) is 2.77. The highest BCUT2D eigenvalue weighted by atomic mass is 16.4. The van der Waals surface area contributed by atoms with Gasteiger partial charge >= 0.3 is 5.97 Å². The summed E-state index contributed by atoms with van der Waals surface area (Å²) in [7, 11) is 0. The predicted molar refractivity (Wildman–Crippen MR) is 36.6 cm³/mol. The molecule has 0 amide bonds. The van der Waals surface area contributed by atoms with Crippen LogP contribution in [0.15, 0.2) is 24.3 Å². The second-order valence-electron chi connectivity index (χ2n) is 1.54. The zero-order valence-corrected chi connectivity index (χ0v) is 5.36. The van der Waals surface area contributed by atoms with Gasteiger partial charge < -0.3 is 5.11 Å². The third kappa shape index (κ3) is 6.62. The van der Waals surface area contributed by atoms with Crippen LogP contribution < -0.4 is 0 Å². The van der Waals surface area contributed by atoms with Crippen molar-refractivity contribution in [3.05, 3.63) is 24.3 Å². The molecule has 0 aliphatic carbocycles. The molecule has 0 unspecified atom stereocenters. The standard InChI is InChI=1S/C7H8O3/c8-6-4-2-1-3-5-7(9)10/h2-6H,1H2,(H,9,10). The molecule has 0 saturated heterocycles. The van der Waals surface area contributed by atoms with Crippen molar-refractivity contribution in [1.29, 1.82) is 0 Å². The Balaban J connectivity index is 3.44. The van der Waals surface area contributed by atoms with Crippen LogP contribution in [0.25, 0.3) is 0 Å². The van der Waals surface area contributed by atoms with Gasteiger partial charge in [0.2, 0.25) is 0 Å². The van der Waals surface area contributed by atoms with Crippen LogP contribution in [-0.4, -0.2) is 17.4 Å². The molecule has 0 aliphatic rings. The van der Waals surface area contributed by atoms with Crippen molar-refractivity contribution in [2.24, 2.45) is 0 Å². The average Bonchev–Trinajstić information content (AvgIpc) is 1.87. The largest absolute Gasteiger partial charge is 0.478 e. The van der Waals surface area contributed by atoms with Crippen molar-refractivity contribution in [2.45, 2.75) is 6.42 Å². The van der Waals surface area contributed by atoms with Crippen LogP contribution in [0.5, 0.6) is 0 Å². The Bertz CT molecular complexity index is 168. The molecule has 0 aromatic heterocycles. The monoisotopic (exact) mass is 140 g/mol. The summed E-state index contributed by atoms with van der Waals surface area (Å²) >= 11 is 0. The van der Waals surface area contributed by atoms with Crippen molar-refractivity contribution < 1.29 is 14.7 Å². The van der Waals surface area contributed by atoms with Gasteiger partial charge in [-0.3, -0.25) is 4.79 Å². The number of rotatable bonds is 4. The average molecular weight is 140 g/mol. The van der Waals surface area contributed by atoms with E-state index in [1.807, 2.05) is 0 Å². The summed E-state index contributed by atoms with van der Waals surface area (Å²) in [5, 5.41) is 8.09. The lowest BCUT2D eigenvalue weighted by molar-refractivity contribution is -0.131. The van der Waals surface area contributed by atoms with Gasteiger partial charge in [-0.1, -0.05) is 12.2 Å².